The molecular formula is C19H25N9O. The number of nitrogens with two attached hydrogens (primary N) is 1. The molecule has 10 nitrogen and oxygen atoms in total. The van der Waals surface area contributed by atoms with Crippen LogP contribution >= 0.6 is 0 Å². The van der Waals surface area contributed by atoms with Crippen LogP contribution in [0.1, 0.15) is 12.8 Å². The molecule has 0 aliphatic carbocycles. The van der Waals surface area contributed by atoms with Gasteiger partial charge in [0, 0.05) is 50.4 Å². The third kappa shape index (κ3) is 2.66. The molecule has 3 fully saturated rings. The summed E-state index contributed by atoms with van der Waals surface area (Å²) in [6, 6.07) is 5.04. The average Bonchev–Trinajstić information content (AvgIpc) is 3.45. The van der Waals surface area contributed by atoms with Gasteiger partial charge in [-0.3, -0.25) is 5.10 Å². The number of hydrogen-bond acceptors (Lipinski definition) is 8. The van der Waals surface area contributed by atoms with Crippen LogP contribution in [0.5, 0.6) is 0 Å². The maximum absolute atomic E-state index is 6.45. The maximum Gasteiger partial charge on any atom is 0.171 e. The number of anilines is 3. The van der Waals surface area contributed by atoms with Crippen molar-refractivity contribution in [2.24, 2.45) is 0 Å². The van der Waals surface area contributed by atoms with Crippen molar-refractivity contribution in [1.82, 2.24) is 30.3 Å². The van der Waals surface area contributed by atoms with Crippen molar-refractivity contribution in [2.75, 3.05) is 54.9 Å². The van der Waals surface area contributed by atoms with Crippen molar-refractivity contribution in [3.05, 3.63) is 18.3 Å². The second-order valence-electron chi connectivity index (χ2n) is 7.99. The second-order valence-corrected chi connectivity index (χ2v) is 7.99. The summed E-state index contributed by atoms with van der Waals surface area (Å²) in [5.41, 5.74) is 8.36. The van der Waals surface area contributed by atoms with Gasteiger partial charge < -0.3 is 25.6 Å². The van der Waals surface area contributed by atoms with Crippen LogP contribution in [-0.4, -0.2) is 76.4 Å². The number of aromatic amines is 1. The van der Waals surface area contributed by atoms with Gasteiger partial charge in [0.1, 0.15) is 5.82 Å². The molecule has 3 aromatic heterocycles. The number of rotatable bonds is 3. The third-order valence-electron chi connectivity index (χ3n) is 6.34. The molecule has 152 valence electrons. The molecule has 3 aliphatic rings. The molecular weight excluding hydrogens is 370 g/mol. The zero-order valence-electron chi connectivity index (χ0n) is 16.2. The van der Waals surface area contributed by atoms with E-state index in [-0.39, 0.29) is 0 Å². The number of morpholine rings is 1. The number of pyridine rings is 1. The minimum absolute atomic E-state index is 0.479. The molecule has 6 rings (SSSR count). The summed E-state index contributed by atoms with van der Waals surface area (Å²) in [6.45, 7) is 5.11. The lowest BCUT2D eigenvalue weighted by Gasteiger charge is -2.38. The predicted octanol–water partition coefficient (Wildman–Crippen LogP) is 0.503. The molecule has 3 saturated heterocycles. The van der Waals surface area contributed by atoms with Gasteiger partial charge >= 0.3 is 0 Å². The van der Waals surface area contributed by atoms with Crippen molar-refractivity contribution in [3.8, 4) is 5.82 Å². The van der Waals surface area contributed by atoms with Gasteiger partial charge in [-0.1, -0.05) is 0 Å². The molecule has 3 aliphatic heterocycles. The number of piperazine rings is 1. The Morgan fingerprint density at radius 2 is 1.93 bits per heavy atom. The van der Waals surface area contributed by atoms with Crippen molar-refractivity contribution in [3.63, 3.8) is 0 Å². The number of ether oxygens (including phenoxy) is 1. The lowest BCUT2D eigenvalue weighted by atomic mass is 10.1. The first-order valence-corrected chi connectivity index (χ1v) is 10.3. The maximum atomic E-state index is 6.45. The Morgan fingerprint density at radius 3 is 2.66 bits per heavy atom. The lowest BCUT2D eigenvalue weighted by Crippen LogP contribution is -2.52. The van der Waals surface area contributed by atoms with E-state index in [0.29, 0.717) is 17.9 Å². The molecule has 0 amide bonds. The first-order chi connectivity index (χ1) is 14.3. The van der Waals surface area contributed by atoms with Crippen LogP contribution in [0.25, 0.3) is 16.9 Å². The number of hydrogen-bond donors (Lipinski definition) is 3. The Hall–Kier alpha value is -2.85. The zero-order chi connectivity index (χ0) is 19.4. The highest BCUT2D eigenvalue weighted by Crippen LogP contribution is 2.41. The summed E-state index contributed by atoms with van der Waals surface area (Å²) in [6.07, 6.45) is 4.11. The van der Waals surface area contributed by atoms with E-state index in [4.69, 9.17) is 15.5 Å². The van der Waals surface area contributed by atoms with E-state index in [9.17, 15) is 0 Å². The number of fused-ring (bicyclic) bond motifs is 3. The molecule has 2 unspecified atom stereocenters. The van der Waals surface area contributed by atoms with Gasteiger partial charge in [0.2, 0.25) is 0 Å². The second kappa shape index (κ2) is 6.60. The van der Waals surface area contributed by atoms with E-state index in [1.54, 1.807) is 10.9 Å². The van der Waals surface area contributed by atoms with E-state index in [2.05, 4.69) is 36.5 Å². The summed E-state index contributed by atoms with van der Waals surface area (Å²) in [5.74, 6) is 2.21. The van der Waals surface area contributed by atoms with Crippen molar-refractivity contribution in [2.45, 2.75) is 24.9 Å². The Morgan fingerprint density at radius 1 is 1.14 bits per heavy atom. The van der Waals surface area contributed by atoms with Gasteiger partial charge in [-0.2, -0.15) is 9.78 Å². The Bertz CT molecular complexity index is 1010. The number of nitrogens with one attached hydrogen (secondary N) is 2. The highest BCUT2D eigenvalue weighted by molar-refractivity contribution is 6.00. The van der Waals surface area contributed by atoms with Crippen LogP contribution in [0.15, 0.2) is 18.3 Å². The van der Waals surface area contributed by atoms with Crippen molar-refractivity contribution in [1.29, 1.82) is 0 Å². The first-order valence-electron chi connectivity index (χ1n) is 10.3. The van der Waals surface area contributed by atoms with E-state index in [1.165, 1.54) is 12.8 Å². The van der Waals surface area contributed by atoms with E-state index in [1.807, 2.05) is 6.07 Å². The van der Waals surface area contributed by atoms with Gasteiger partial charge in [0.25, 0.3) is 0 Å². The zero-order valence-corrected chi connectivity index (χ0v) is 16.2. The molecule has 0 radical (unpaired) electrons. The van der Waals surface area contributed by atoms with Crippen LogP contribution in [-0.2, 0) is 4.74 Å². The van der Waals surface area contributed by atoms with Crippen LogP contribution in [0, 0.1) is 0 Å². The quantitative estimate of drug-likeness (QED) is 0.588. The summed E-state index contributed by atoms with van der Waals surface area (Å²) in [5, 5.41) is 16.2. The molecule has 6 heterocycles. The summed E-state index contributed by atoms with van der Waals surface area (Å²) >= 11 is 0. The molecule has 2 bridgehead atoms. The van der Waals surface area contributed by atoms with Crippen LogP contribution < -0.4 is 20.9 Å². The standard InChI is InChI=1S/C19H25N9O/c20-18-17-14(27-12-1-2-13(27)11-21-10-12)9-16(26-5-7-29-8-6-26)23-19(17)28(25-18)15-3-4-22-24-15/h3-4,9,12-13,21H,1-2,5-8,10-11H2,(H2,20,25)(H,22,24). The van der Waals surface area contributed by atoms with Gasteiger partial charge in [-0.05, 0) is 12.8 Å². The van der Waals surface area contributed by atoms with Crippen molar-refractivity contribution < 1.29 is 4.74 Å². The van der Waals surface area contributed by atoms with E-state index >= 15 is 0 Å². The van der Waals surface area contributed by atoms with Gasteiger partial charge in [-0.25, -0.2) is 4.98 Å². The molecule has 0 aromatic carbocycles. The fourth-order valence-corrected chi connectivity index (χ4v) is 4.97. The summed E-state index contributed by atoms with van der Waals surface area (Å²) in [4.78, 5) is 9.85. The van der Waals surface area contributed by atoms with Crippen LogP contribution in [0.3, 0.4) is 0 Å². The average molecular weight is 395 g/mol. The van der Waals surface area contributed by atoms with Crippen LogP contribution in [0.2, 0.25) is 0 Å². The molecule has 29 heavy (non-hydrogen) atoms. The highest BCUT2D eigenvalue weighted by atomic mass is 16.5. The Kier molecular flexibility index (Phi) is 3.88. The molecule has 4 N–H and O–H groups in total. The van der Waals surface area contributed by atoms with E-state index in [0.717, 1.165) is 67.7 Å². The van der Waals surface area contributed by atoms with Crippen LogP contribution in [0.4, 0.5) is 17.3 Å². The minimum atomic E-state index is 0.479. The third-order valence-corrected chi connectivity index (χ3v) is 6.34. The van der Waals surface area contributed by atoms with Gasteiger partial charge in [0.05, 0.1) is 30.5 Å². The largest absolute Gasteiger partial charge is 0.382 e. The van der Waals surface area contributed by atoms with Gasteiger partial charge in [0.15, 0.2) is 17.3 Å². The summed E-state index contributed by atoms with van der Waals surface area (Å²) in [7, 11) is 0. The Balaban J connectivity index is 1.57. The summed E-state index contributed by atoms with van der Waals surface area (Å²) < 4.78 is 7.32. The topological polar surface area (TPSA) is 113 Å². The number of nitrogens with zero attached hydrogens (tertiary/aromatic N) is 6. The molecule has 2 atom stereocenters. The normalized spacial score (nSPS) is 24.6. The Labute approximate surface area is 168 Å². The molecule has 3 aromatic rings. The number of nitrogen functional groups attached to an aromatic ring is 1. The molecule has 10 heteroatoms. The number of aromatic nitrogens is 5. The fourth-order valence-electron chi connectivity index (χ4n) is 4.97. The van der Waals surface area contributed by atoms with Crippen molar-refractivity contribution >= 4 is 28.4 Å². The predicted molar refractivity (Wildman–Crippen MR) is 111 cm³/mol. The van der Waals surface area contributed by atoms with E-state index < -0.39 is 0 Å². The monoisotopic (exact) mass is 395 g/mol. The lowest BCUT2D eigenvalue weighted by molar-refractivity contribution is 0.122. The smallest absolute Gasteiger partial charge is 0.171 e. The molecule has 0 saturated carbocycles. The molecule has 0 spiro atoms. The number of H-pyrrole nitrogens is 1. The fraction of sp³-hybridized carbons (Fsp3) is 0.526. The first kappa shape index (κ1) is 17.0. The highest BCUT2D eigenvalue weighted by Gasteiger charge is 2.38. The minimum Gasteiger partial charge on any atom is -0.382 e. The SMILES string of the molecule is Nc1nn(-c2ccn[nH]2)c2nc(N3CCOCC3)cc(N3C4CCC3CNC4)c12. The van der Waals surface area contributed by atoms with Gasteiger partial charge in [-0.15, -0.1) is 5.10 Å².